The van der Waals surface area contributed by atoms with Gasteiger partial charge in [0.05, 0.1) is 21.3 Å². The van der Waals surface area contributed by atoms with Crippen LogP contribution in [0.5, 0.6) is 5.75 Å². The van der Waals surface area contributed by atoms with Crippen molar-refractivity contribution in [3.05, 3.63) is 51.0 Å². The molecule has 2 aromatic rings. The molecule has 0 bridgehead atoms. The second kappa shape index (κ2) is 5.79. The third-order valence-corrected chi connectivity index (χ3v) is 3.34. The van der Waals surface area contributed by atoms with Gasteiger partial charge >= 0.3 is 0 Å². The average molecular weight is 332 g/mol. The van der Waals surface area contributed by atoms with Crippen molar-refractivity contribution in [2.45, 2.75) is 0 Å². The Bertz CT molecular complexity index is 666. The molecule has 0 heterocycles. The molecular formula is C13H9Cl3N2O2. The molecule has 0 saturated carbocycles. The van der Waals surface area contributed by atoms with Crippen LogP contribution in [0.2, 0.25) is 15.1 Å². The zero-order valence-corrected chi connectivity index (χ0v) is 12.2. The number of amides is 1. The Balaban J connectivity index is 2.35. The first kappa shape index (κ1) is 14.8. The van der Waals surface area contributed by atoms with Crippen molar-refractivity contribution in [3.63, 3.8) is 0 Å². The molecule has 0 atom stereocenters. The molecule has 0 aliphatic rings. The van der Waals surface area contributed by atoms with Gasteiger partial charge in [-0.3, -0.25) is 4.79 Å². The fourth-order valence-corrected chi connectivity index (χ4v) is 2.49. The van der Waals surface area contributed by atoms with E-state index in [0.717, 1.165) is 0 Å². The lowest BCUT2D eigenvalue weighted by atomic mass is 10.1. The van der Waals surface area contributed by atoms with E-state index in [9.17, 15) is 9.90 Å². The number of anilines is 2. The van der Waals surface area contributed by atoms with E-state index in [2.05, 4.69) is 5.32 Å². The maximum absolute atomic E-state index is 12.1. The minimum atomic E-state index is -0.537. The summed E-state index contributed by atoms with van der Waals surface area (Å²) < 4.78 is 0. The van der Waals surface area contributed by atoms with Crippen LogP contribution >= 0.6 is 34.8 Å². The molecule has 20 heavy (non-hydrogen) atoms. The summed E-state index contributed by atoms with van der Waals surface area (Å²) in [6.07, 6.45) is 0. The Labute approximate surface area is 130 Å². The maximum atomic E-state index is 12.1. The van der Waals surface area contributed by atoms with Crippen molar-refractivity contribution >= 4 is 52.1 Å². The van der Waals surface area contributed by atoms with Crippen molar-refractivity contribution in [2.24, 2.45) is 0 Å². The zero-order chi connectivity index (χ0) is 14.9. The largest absolute Gasteiger partial charge is 0.508 e. The van der Waals surface area contributed by atoms with Gasteiger partial charge in [0.15, 0.2) is 0 Å². The molecule has 2 aromatic carbocycles. The summed E-state index contributed by atoms with van der Waals surface area (Å²) in [5.74, 6) is -0.609. The van der Waals surface area contributed by atoms with Crippen LogP contribution in [0.25, 0.3) is 0 Å². The molecule has 0 radical (unpaired) electrons. The highest BCUT2D eigenvalue weighted by molar-refractivity contribution is 6.42. The van der Waals surface area contributed by atoms with E-state index in [1.165, 1.54) is 30.3 Å². The normalized spacial score (nSPS) is 10.3. The summed E-state index contributed by atoms with van der Waals surface area (Å²) >= 11 is 17.7. The van der Waals surface area contributed by atoms with E-state index in [0.29, 0.717) is 5.02 Å². The van der Waals surface area contributed by atoms with E-state index in [1.54, 1.807) is 0 Å². The minimum Gasteiger partial charge on any atom is -0.508 e. The first-order valence-electron chi connectivity index (χ1n) is 5.43. The lowest BCUT2D eigenvalue weighted by molar-refractivity contribution is 0.102. The molecule has 4 nitrogen and oxygen atoms in total. The topological polar surface area (TPSA) is 75.3 Å². The third-order valence-electron chi connectivity index (χ3n) is 2.53. The molecule has 0 saturated heterocycles. The number of phenolic OH excluding ortho intramolecular Hbond substituents is 1. The van der Waals surface area contributed by atoms with Gasteiger partial charge in [0.25, 0.3) is 5.91 Å². The molecule has 104 valence electrons. The highest BCUT2D eigenvalue weighted by Crippen LogP contribution is 2.34. The molecular weight excluding hydrogens is 323 g/mol. The number of carbonyl (C=O) groups excluding carboxylic acids is 1. The number of nitrogens with two attached hydrogens (primary N) is 1. The van der Waals surface area contributed by atoms with Gasteiger partial charge in [0, 0.05) is 10.7 Å². The number of hydrogen-bond donors (Lipinski definition) is 3. The van der Waals surface area contributed by atoms with Gasteiger partial charge in [-0.15, -0.1) is 0 Å². The summed E-state index contributed by atoms with van der Waals surface area (Å²) in [5, 5.41) is 12.7. The molecule has 2 rings (SSSR count). The monoisotopic (exact) mass is 330 g/mol. The van der Waals surface area contributed by atoms with E-state index >= 15 is 0 Å². The van der Waals surface area contributed by atoms with Gasteiger partial charge in [0.1, 0.15) is 5.75 Å². The van der Waals surface area contributed by atoms with E-state index in [4.69, 9.17) is 40.5 Å². The summed E-state index contributed by atoms with van der Waals surface area (Å²) in [6, 6.07) is 6.97. The standard InChI is InChI=1S/C13H9Cl3N2O2/c14-6-3-9(15)12(10(16)4-6)18-13(20)8-5-7(19)1-2-11(8)17/h1-5,19H,17H2,(H,18,20). The van der Waals surface area contributed by atoms with E-state index in [1.807, 2.05) is 0 Å². The van der Waals surface area contributed by atoms with E-state index in [-0.39, 0.29) is 32.7 Å². The summed E-state index contributed by atoms with van der Waals surface area (Å²) in [4.78, 5) is 12.1. The van der Waals surface area contributed by atoms with Crippen molar-refractivity contribution in [1.82, 2.24) is 0 Å². The number of nitrogen functional groups attached to an aromatic ring is 1. The SMILES string of the molecule is Nc1ccc(O)cc1C(=O)Nc1c(Cl)cc(Cl)cc1Cl. The average Bonchev–Trinajstić information content (AvgIpc) is 2.36. The van der Waals surface area contributed by atoms with Crippen molar-refractivity contribution in [3.8, 4) is 5.75 Å². The Kier molecular flexibility index (Phi) is 4.28. The Morgan fingerprint density at radius 1 is 1.10 bits per heavy atom. The highest BCUT2D eigenvalue weighted by atomic mass is 35.5. The number of halogens is 3. The predicted octanol–water partition coefficient (Wildman–Crippen LogP) is 4.19. The molecule has 0 spiro atoms. The van der Waals surface area contributed by atoms with Crippen molar-refractivity contribution < 1.29 is 9.90 Å². The van der Waals surface area contributed by atoms with Crippen LogP contribution in [0.1, 0.15) is 10.4 Å². The van der Waals surface area contributed by atoms with Crippen molar-refractivity contribution in [2.75, 3.05) is 11.1 Å². The first-order chi connectivity index (χ1) is 9.38. The first-order valence-corrected chi connectivity index (χ1v) is 6.56. The number of nitrogens with one attached hydrogen (secondary N) is 1. The smallest absolute Gasteiger partial charge is 0.257 e. The van der Waals surface area contributed by atoms with Crippen LogP contribution in [0, 0.1) is 0 Å². The van der Waals surface area contributed by atoms with E-state index < -0.39 is 5.91 Å². The van der Waals surface area contributed by atoms with Gasteiger partial charge in [-0.05, 0) is 30.3 Å². The predicted molar refractivity (Wildman–Crippen MR) is 81.9 cm³/mol. The molecule has 0 aromatic heterocycles. The minimum absolute atomic E-state index is 0.0716. The summed E-state index contributed by atoms with van der Waals surface area (Å²) in [6.45, 7) is 0. The van der Waals surface area contributed by atoms with Crippen LogP contribution < -0.4 is 11.1 Å². The quantitative estimate of drug-likeness (QED) is 0.570. The summed E-state index contributed by atoms with van der Waals surface area (Å²) in [5.41, 5.74) is 6.25. The fourth-order valence-electron chi connectivity index (χ4n) is 1.58. The Morgan fingerprint density at radius 2 is 1.70 bits per heavy atom. The maximum Gasteiger partial charge on any atom is 0.257 e. The van der Waals surface area contributed by atoms with Crippen LogP contribution in [0.4, 0.5) is 11.4 Å². The van der Waals surface area contributed by atoms with Crippen LogP contribution in [0.15, 0.2) is 30.3 Å². The number of aromatic hydroxyl groups is 1. The summed E-state index contributed by atoms with van der Waals surface area (Å²) in [7, 11) is 0. The molecule has 4 N–H and O–H groups in total. The van der Waals surface area contributed by atoms with Gasteiger partial charge in [0.2, 0.25) is 0 Å². The van der Waals surface area contributed by atoms with Crippen LogP contribution in [-0.4, -0.2) is 11.0 Å². The van der Waals surface area contributed by atoms with Gasteiger partial charge in [-0.1, -0.05) is 34.8 Å². The van der Waals surface area contributed by atoms with Crippen LogP contribution in [0.3, 0.4) is 0 Å². The molecule has 1 amide bonds. The van der Waals surface area contributed by atoms with Crippen molar-refractivity contribution in [1.29, 1.82) is 0 Å². The molecule has 7 heteroatoms. The molecule has 0 aliphatic heterocycles. The molecule has 0 unspecified atom stereocenters. The number of rotatable bonds is 2. The number of benzene rings is 2. The fraction of sp³-hybridized carbons (Fsp3) is 0. The molecule has 0 fully saturated rings. The second-order valence-electron chi connectivity index (χ2n) is 3.97. The lowest BCUT2D eigenvalue weighted by Crippen LogP contribution is -2.14. The zero-order valence-electron chi connectivity index (χ0n) is 9.95. The Morgan fingerprint density at radius 3 is 2.30 bits per heavy atom. The van der Waals surface area contributed by atoms with Crippen LogP contribution in [-0.2, 0) is 0 Å². The van der Waals surface area contributed by atoms with Gasteiger partial charge < -0.3 is 16.2 Å². The van der Waals surface area contributed by atoms with Gasteiger partial charge in [-0.2, -0.15) is 0 Å². The third kappa shape index (κ3) is 3.10. The second-order valence-corrected chi connectivity index (χ2v) is 5.22. The number of phenols is 1. The van der Waals surface area contributed by atoms with Gasteiger partial charge in [-0.25, -0.2) is 0 Å². The highest BCUT2D eigenvalue weighted by Gasteiger charge is 2.15. The number of carbonyl (C=O) groups is 1. The lowest BCUT2D eigenvalue weighted by Gasteiger charge is -2.11. The molecule has 0 aliphatic carbocycles. The number of hydrogen-bond acceptors (Lipinski definition) is 3. The Hall–Kier alpha value is -1.62.